The average Bonchev–Trinajstić information content (AvgIpc) is 2.59. The van der Waals surface area contributed by atoms with E-state index in [0.717, 1.165) is 0 Å². The first-order chi connectivity index (χ1) is 11.4. The Hall–Kier alpha value is -3.06. The van der Waals surface area contributed by atoms with Gasteiger partial charge in [0.2, 0.25) is 5.60 Å². The van der Waals surface area contributed by atoms with Crippen LogP contribution in [-0.4, -0.2) is 36.1 Å². The lowest BCUT2D eigenvalue weighted by Crippen LogP contribution is -2.42. The molecule has 1 aromatic heterocycles. The number of hydrogen-bond acceptors (Lipinski definition) is 5. The van der Waals surface area contributed by atoms with Crippen LogP contribution in [0.15, 0.2) is 35.3 Å². The number of ether oxygens (including phenoxy) is 2. The van der Waals surface area contributed by atoms with Crippen LogP contribution >= 0.6 is 0 Å². The molecule has 0 saturated heterocycles. The first kappa shape index (κ1) is 19.0. The van der Waals surface area contributed by atoms with Crippen LogP contribution in [0.1, 0.15) is 31.3 Å². The minimum Gasteiger partial charge on any atom is -0.489 e. The van der Waals surface area contributed by atoms with Gasteiger partial charge in [-0.1, -0.05) is 0 Å². The van der Waals surface area contributed by atoms with Crippen LogP contribution in [0.2, 0.25) is 0 Å². The number of nitrogens with one attached hydrogen (secondary N) is 1. The van der Waals surface area contributed by atoms with Gasteiger partial charge in [0.05, 0.1) is 5.76 Å². The number of carbonyl (C=O) groups excluding carboxylic acids is 2. The third-order valence-electron chi connectivity index (χ3n) is 3.09. The summed E-state index contributed by atoms with van der Waals surface area (Å²) in [5.74, 6) is -0.380. The zero-order valence-electron chi connectivity index (χ0n) is 13.9. The zero-order chi connectivity index (χ0) is 18.2. The van der Waals surface area contributed by atoms with Gasteiger partial charge in [-0.3, -0.25) is 14.6 Å². The van der Waals surface area contributed by atoms with Crippen LogP contribution in [-0.2, 0) is 9.53 Å². The van der Waals surface area contributed by atoms with Gasteiger partial charge in [0.15, 0.2) is 0 Å². The lowest BCUT2D eigenvalue weighted by Gasteiger charge is -2.28. The topological polar surface area (TPSA) is 126 Å². The Morgan fingerprint density at radius 1 is 1.54 bits per heavy atom. The van der Waals surface area contributed by atoms with Crippen molar-refractivity contribution in [3.05, 3.63) is 46.3 Å². The number of pyridine rings is 1. The molecule has 1 atom stereocenters. The van der Waals surface area contributed by atoms with E-state index in [-0.39, 0.29) is 18.2 Å². The van der Waals surface area contributed by atoms with Gasteiger partial charge in [-0.2, -0.15) is 0 Å². The fourth-order valence-corrected chi connectivity index (χ4v) is 1.67. The summed E-state index contributed by atoms with van der Waals surface area (Å²) in [6, 6.07) is 2.97. The minimum absolute atomic E-state index is 0.170. The molecule has 0 unspecified atom stereocenters. The van der Waals surface area contributed by atoms with E-state index in [1.54, 1.807) is 19.9 Å². The average molecular weight is 333 g/mol. The highest BCUT2D eigenvalue weighted by Gasteiger charge is 2.36. The van der Waals surface area contributed by atoms with Crippen molar-refractivity contribution in [2.24, 2.45) is 5.11 Å². The standard InChI is InChI=1S/C15H19N5O4/c1-5-10(2)24-15(3,14(22)19-20-16)9-23-11-6-7-18-12(8-11)13(21)17-4/h5-8H,9H2,1-4H3,(H,17,21)/b10-5+/t15-/m0/s1. The molecule has 2 amide bonds. The van der Waals surface area contributed by atoms with Crippen molar-refractivity contribution in [2.45, 2.75) is 26.4 Å². The second-order valence-electron chi connectivity index (χ2n) is 4.97. The molecule has 1 heterocycles. The summed E-state index contributed by atoms with van der Waals surface area (Å²) in [4.78, 5) is 30.0. The highest BCUT2D eigenvalue weighted by molar-refractivity contribution is 5.92. The number of aromatic nitrogens is 1. The van der Waals surface area contributed by atoms with Crippen molar-refractivity contribution in [1.29, 1.82) is 0 Å². The van der Waals surface area contributed by atoms with Crippen LogP contribution in [0.5, 0.6) is 5.75 Å². The molecule has 0 aromatic carbocycles. The fourth-order valence-electron chi connectivity index (χ4n) is 1.67. The van der Waals surface area contributed by atoms with Crippen LogP contribution in [0, 0.1) is 0 Å². The largest absolute Gasteiger partial charge is 0.489 e. The maximum Gasteiger partial charge on any atom is 0.269 e. The van der Waals surface area contributed by atoms with E-state index in [0.29, 0.717) is 11.5 Å². The number of amides is 2. The first-order valence-electron chi connectivity index (χ1n) is 7.08. The lowest BCUT2D eigenvalue weighted by molar-refractivity contribution is -0.139. The Labute approximate surface area is 139 Å². The SMILES string of the molecule is C/C=C(\C)O[C@@](C)(COc1ccnc(C(=O)NC)c1)C(=O)N=[N+]=[N-]. The maximum absolute atomic E-state index is 12.0. The van der Waals surface area contributed by atoms with Gasteiger partial charge in [-0.15, -0.1) is 0 Å². The smallest absolute Gasteiger partial charge is 0.269 e. The van der Waals surface area contributed by atoms with Crippen molar-refractivity contribution in [1.82, 2.24) is 10.3 Å². The van der Waals surface area contributed by atoms with E-state index < -0.39 is 11.5 Å². The van der Waals surface area contributed by atoms with Gasteiger partial charge in [-0.05, 0) is 43.6 Å². The Morgan fingerprint density at radius 3 is 2.83 bits per heavy atom. The molecule has 0 aliphatic rings. The summed E-state index contributed by atoms with van der Waals surface area (Å²) in [7, 11) is 1.49. The highest BCUT2D eigenvalue weighted by Crippen LogP contribution is 2.21. The van der Waals surface area contributed by atoms with Crippen LogP contribution in [0.4, 0.5) is 0 Å². The Bertz CT molecular complexity index is 697. The van der Waals surface area contributed by atoms with E-state index in [2.05, 4.69) is 20.3 Å². The molecule has 0 aliphatic heterocycles. The summed E-state index contributed by atoms with van der Waals surface area (Å²) in [6.45, 7) is 4.65. The zero-order valence-corrected chi connectivity index (χ0v) is 13.9. The third kappa shape index (κ3) is 4.99. The molecule has 9 nitrogen and oxygen atoms in total. The molecule has 128 valence electrons. The number of allylic oxidation sites excluding steroid dienone is 2. The Balaban J connectivity index is 2.98. The molecular formula is C15H19N5O4. The summed E-state index contributed by atoms with van der Waals surface area (Å²) in [5, 5.41) is 5.54. The quantitative estimate of drug-likeness (QED) is 0.355. The van der Waals surface area contributed by atoms with Gasteiger partial charge in [0.25, 0.3) is 11.8 Å². The summed E-state index contributed by atoms with van der Waals surface area (Å²) in [5.41, 5.74) is 7.14. The normalized spacial score (nSPS) is 13.2. The molecule has 1 N–H and O–H groups in total. The minimum atomic E-state index is -1.50. The predicted octanol–water partition coefficient (Wildman–Crippen LogP) is 2.36. The number of nitrogens with zero attached hydrogens (tertiary/aromatic N) is 4. The second kappa shape index (κ2) is 8.54. The molecule has 1 aromatic rings. The van der Waals surface area contributed by atoms with Crippen molar-refractivity contribution in [2.75, 3.05) is 13.7 Å². The third-order valence-corrected chi connectivity index (χ3v) is 3.09. The van der Waals surface area contributed by atoms with E-state index in [1.165, 1.54) is 32.3 Å². The van der Waals surface area contributed by atoms with Crippen molar-refractivity contribution in [3.8, 4) is 5.75 Å². The Morgan fingerprint density at radius 2 is 2.25 bits per heavy atom. The highest BCUT2D eigenvalue weighted by atomic mass is 16.5. The van der Waals surface area contributed by atoms with Gasteiger partial charge in [0.1, 0.15) is 18.1 Å². The van der Waals surface area contributed by atoms with Gasteiger partial charge in [-0.25, -0.2) is 0 Å². The first-order valence-corrected chi connectivity index (χ1v) is 7.08. The molecule has 0 saturated carbocycles. The molecule has 0 radical (unpaired) electrons. The molecule has 0 bridgehead atoms. The molecular weight excluding hydrogens is 314 g/mol. The molecule has 0 spiro atoms. The van der Waals surface area contributed by atoms with Gasteiger partial charge < -0.3 is 14.8 Å². The van der Waals surface area contributed by atoms with Gasteiger partial charge in [0, 0.05) is 24.2 Å². The van der Waals surface area contributed by atoms with Crippen LogP contribution in [0.3, 0.4) is 0 Å². The lowest BCUT2D eigenvalue weighted by atomic mass is 10.1. The van der Waals surface area contributed by atoms with Crippen molar-refractivity contribution >= 4 is 11.8 Å². The van der Waals surface area contributed by atoms with Crippen LogP contribution in [0.25, 0.3) is 10.4 Å². The number of azide groups is 1. The number of hydrogen-bond donors (Lipinski definition) is 1. The summed E-state index contributed by atoms with van der Waals surface area (Å²) >= 11 is 0. The molecule has 0 aliphatic carbocycles. The summed E-state index contributed by atoms with van der Waals surface area (Å²) in [6.07, 6.45) is 3.07. The van der Waals surface area contributed by atoms with Crippen molar-refractivity contribution in [3.63, 3.8) is 0 Å². The maximum atomic E-state index is 12.0. The molecule has 1 rings (SSSR count). The second-order valence-corrected chi connectivity index (χ2v) is 4.97. The predicted molar refractivity (Wildman–Crippen MR) is 86.2 cm³/mol. The molecule has 9 heteroatoms. The van der Waals surface area contributed by atoms with E-state index in [1.807, 2.05) is 0 Å². The van der Waals surface area contributed by atoms with E-state index in [9.17, 15) is 9.59 Å². The van der Waals surface area contributed by atoms with Gasteiger partial charge >= 0.3 is 0 Å². The number of rotatable bonds is 7. The van der Waals surface area contributed by atoms with E-state index >= 15 is 0 Å². The summed E-state index contributed by atoms with van der Waals surface area (Å²) < 4.78 is 11.1. The monoisotopic (exact) mass is 333 g/mol. The molecule has 0 fully saturated rings. The fraction of sp³-hybridized carbons (Fsp3) is 0.400. The van der Waals surface area contributed by atoms with Crippen molar-refractivity contribution < 1.29 is 19.1 Å². The number of carbonyl (C=O) groups is 2. The van der Waals surface area contributed by atoms with E-state index in [4.69, 9.17) is 15.0 Å². The Kier molecular flexibility index (Phi) is 6.76. The van der Waals surface area contributed by atoms with Crippen LogP contribution < -0.4 is 10.1 Å². The molecule has 24 heavy (non-hydrogen) atoms.